The van der Waals surface area contributed by atoms with Crippen molar-refractivity contribution in [2.24, 2.45) is 0 Å². The first-order chi connectivity index (χ1) is 10.2. The van der Waals surface area contributed by atoms with Gasteiger partial charge < -0.3 is 5.32 Å². The zero-order valence-corrected chi connectivity index (χ0v) is 13.1. The molecule has 0 fully saturated rings. The number of rotatable bonds is 2. The fourth-order valence-corrected chi connectivity index (χ4v) is 3.49. The summed E-state index contributed by atoms with van der Waals surface area (Å²) >= 11 is 3.63. The van der Waals surface area contributed by atoms with Gasteiger partial charge in [-0.25, -0.2) is 0 Å². The lowest BCUT2D eigenvalue weighted by molar-refractivity contribution is 0.747. The third-order valence-electron chi connectivity index (χ3n) is 3.95. The number of halogens is 1. The summed E-state index contributed by atoms with van der Waals surface area (Å²) in [5.41, 5.74) is 3.52. The minimum Gasteiger partial charge on any atom is -0.362 e. The number of aryl methyl sites for hydroxylation is 1. The average Bonchev–Trinajstić information content (AvgIpc) is 3.05. The van der Waals surface area contributed by atoms with Gasteiger partial charge in [-0.05, 0) is 49.1 Å². The standard InChI is InChI=1S/C15H14BrN5/c1-9-18-19-15-8-7-14(20-21(9)15)17-13-6-5-10-11(13)3-2-4-12(10)16/h2-4,7-8,13H,5-6H2,1H3,(H,17,20). The summed E-state index contributed by atoms with van der Waals surface area (Å²) in [6.45, 7) is 1.90. The van der Waals surface area contributed by atoms with Gasteiger partial charge in [-0.2, -0.15) is 4.52 Å². The van der Waals surface area contributed by atoms with Gasteiger partial charge in [0, 0.05) is 4.47 Å². The average molecular weight is 344 g/mol. The van der Waals surface area contributed by atoms with Crippen molar-refractivity contribution < 1.29 is 0 Å². The quantitative estimate of drug-likeness (QED) is 0.775. The second kappa shape index (κ2) is 4.80. The first-order valence-corrected chi connectivity index (χ1v) is 7.74. The highest BCUT2D eigenvalue weighted by atomic mass is 79.9. The molecule has 2 heterocycles. The zero-order chi connectivity index (χ0) is 14.4. The Morgan fingerprint density at radius 3 is 3.05 bits per heavy atom. The second-order valence-electron chi connectivity index (χ2n) is 5.28. The van der Waals surface area contributed by atoms with Crippen LogP contribution < -0.4 is 5.32 Å². The van der Waals surface area contributed by atoms with Gasteiger partial charge in [0.15, 0.2) is 11.5 Å². The van der Waals surface area contributed by atoms with Crippen LogP contribution in [0.1, 0.15) is 29.4 Å². The summed E-state index contributed by atoms with van der Waals surface area (Å²) in [6.07, 6.45) is 2.17. The van der Waals surface area contributed by atoms with E-state index in [0.29, 0.717) is 6.04 Å². The van der Waals surface area contributed by atoms with Gasteiger partial charge in [-0.15, -0.1) is 15.3 Å². The van der Waals surface area contributed by atoms with Crippen LogP contribution in [0.2, 0.25) is 0 Å². The number of fused-ring (bicyclic) bond motifs is 2. The van der Waals surface area contributed by atoms with E-state index in [2.05, 4.69) is 54.7 Å². The SMILES string of the molecule is Cc1nnc2ccc(NC3CCc4c(Br)cccc43)nn12. The minimum absolute atomic E-state index is 0.305. The van der Waals surface area contributed by atoms with Gasteiger partial charge in [-0.3, -0.25) is 0 Å². The van der Waals surface area contributed by atoms with E-state index in [1.807, 2.05) is 19.1 Å². The predicted octanol–water partition coefficient (Wildman–Crippen LogP) is 3.29. The molecule has 3 aromatic rings. The lowest BCUT2D eigenvalue weighted by Gasteiger charge is -2.15. The fraction of sp³-hybridized carbons (Fsp3) is 0.267. The number of nitrogens with one attached hydrogen (secondary N) is 1. The topological polar surface area (TPSA) is 55.1 Å². The predicted molar refractivity (Wildman–Crippen MR) is 84.3 cm³/mol. The van der Waals surface area contributed by atoms with Gasteiger partial charge in [-0.1, -0.05) is 28.1 Å². The lowest BCUT2D eigenvalue weighted by Crippen LogP contribution is -2.10. The van der Waals surface area contributed by atoms with Gasteiger partial charge in [0.25, 0.3) is 0 Å². The van der Waals surface area contributed by atoms with Crippen LogP contribution in [0.25, 0.3) is 5.65 Å². The highest BCUT2D eigenvalue weighted by molar-refractivity contribution is 9.10. The summed E-state index contributed by atoms with van der Waals surface area (Å²) in [7, 11) is 0. The first-order valence-electron chi connectivity index (χ1n) is 6.95. The Morgan fingerprint density at radius 1 is 1.24 bits per heavy atom. The van der Waals surface area contributed by atoms with Crippen LogP contribution in [0.5, 0.6) is 0 Å². The van der Waals surface area contributed by atoms with E-state index in [1.165, 1.54) is 15.6 Å². The van der Waals surface area contributed by atoms with Crippen LogP contribution in [-0.4, -0.2) is 19.8 Å². The normalized spacial score (nSPS) is 17.1. The smallest absolute Gasteiger partial charge is 0.178 e. The van der Waals surface area contributed by atoms with E-state index >= 15 is 0 Å². The molecule has 106 valence electrons. The third kappa shape index (κ3) is 2.10. The fourth-order valence-electron chi connectivity index (χ4n) is 2.91. The Kier molecular flexibility index (Phi) is 2.92. The van der Waals surface area contributed by atoms with E-state index in [9.17, 15) is 0 Å². The largest absolute Gasteiger partial charge is 0.362 e. The number of nitrogens with zero attached hydrogens (tertiary/aromatic N) is 4. The number of hydrogen-bond acceptors (Lipinski definition) is 4. The van der Waals surface area contributed by atoms with Crippen LogP contribution in [0, 0.1) is 6.92 Å². The summed E-state index contributed by atoms with van der Waals surface area (Å²) in [5.74, 6) is 1.64. The molecule has 1 aliphatic rings. The molecule has 1 unspecified atom stereocenters. The Bertz CT molecular complexity index is 826. The Labute approximate surface area is 130 Å². The maximum absolute atomic E-state index is 4.56. The Morgan fingerprint density at radius 2 is 2.14 bits per heavy atom. The number of benzene rings is 1. The molecule has 0 saturated heterocycles. The Balaban J connectivity index is 1.67. The molecule has 0 saturated carbocycles. The lowest BCUT2D eigenvalue weighted by atomic mass is 10.1. The minimum atomic E-state index is 0.305. The molecule has 5 nitrogen and oxygen atoms in total. The van der Waals surface area contributed by atoms with E-state index in [1.54, 1.807) is 4.52 Å². The number of hydrogen-bond donors (Lipinski definition) is 1. The molecule has 0 radical (unpaired) electrons. The maximum atomic E-state index is 4.56. The molecule has 0 aliphatic heterocycles. The van der Waals surface area contributed by atoms with Crippen molar-refractivity contribution in [2.45, 2.75) is 25.8 Å². The van der Waals surface area contributed by atoms with Gasteiger partial charge in [0.1, 0.15) is 5.82 Å². The van der Waals surface area contributed by atoms with E-state index in [4.69, 9.17) is 0 Å². The third-order valence-corrected chi connectivity index (χ3v) is 4.70. The summed E-state index contributed by atoms with van der Waals surface area (Å²) in [4.78, 5) is 0. The van der Waals surface area contributed by atoms with E-state index in [-0.39, 0.29) is 0 Å². The van der Waals surface area contributed by atoms with Crippen LogP contribution in [0.4, 0.5) is 5.82 Å². The molecule has 6 heteroatoms. The molecule has 4 rings (SSSR count). The van der Waals surface area contributed by atoms with Gasteiger partial charge in [0.05, 0.1) is 6.04 Å². The molecule has 0 spiro atoms. The summed E-state index contributed by atoms with van der Waals surface area (Å²) in [6, 6.07) is 10.6. The molecule has 0 bridgehead atoms. The molecule has 1 aliphatic carbocycles. The molecule has 1 N–H and O–H groups in total. The molecule has 21 heavy (non-hydrogen) atoms. The van der Waals surface area contributed by atoms with Gasteiger partial charge in [0.2, 0.25) is 0 Å². The maximum Gasteiger partial charge on any atom is 0.178 e. The van der Waals surface area contributed by atoms with Crippen molar-refractivity contribution in [1.82, 2.24) is 19.8 Å². The van der Waals surface area contributed by atoms with Crippen LogP contribution >= 0.6 is 15.9 Å². The molecular formula is C15H14BrN5. The van der Waals surface area contributed by atoms with Crippen molar-refractivity contribution >= 4 is 27.4 Å². The van der Waals surface area contributed by atoms with Crippen molar-refractivity contribution in [3.8, 4) is 0 Å². The zero-order valence-electron chi connectivity index (χ0n) is 11.5. The summed E-state index contributed by atoms with van der Waals surface area (Å²) in [5, 5.41) is 16.2. The van der Waals surface area contributed by atoms with Crippen molar-refractivity contribution in [2.75, 3.05) is 5.32 Å². The van der Waals surface area contributed by atoms with E-state index < -0.39 is 0 Å². The molecule has 1 atom stereocenters. The van der Waals surface area contributed by atoms with Crippen molar-refractivity contribution in [3.05, 3.63) is 51.8 Å². The molecule has 0 amide bonds. The summed E-state index contributed by atoms with van der Waals surface area (Å²) < 4.78 is 2.96. The van der Waals surface area contributed by atoms with Crippen LogP contribution in [0.3, 0.4) is 0 Å². The molecule has 1 aromatic carbocycles. The number of aromatic nitrogens is 4. The van der Waals surface area contributed by atoms with Crippen LogP contribution in [0.15, 0.2) is 34.8 Å². The first kappa shape index (κ1) is 12.8. The highest BCUT2D eigenvalue weighted by Crippen LogP contribution is 2.37. The highest BCUT2D eigenvalue weighted by Gasteiger charge is 2.24. The van der Waals surface area contributed by atoms with Crippen molar-refractivity contribution in [1.29, 1.82) is 0 Å². The molecular weight excluding hydrogens is 330 g/mol. The second-order valence-corrected chi connectivity index (χ2v) is 6.13. The molecule has 2 aromatic heterocycles. The monoisotopic (exact) mass is 343 g/mol. The van der Waals surface area contributed by atoms with E-state index in [0.717, 1.165) is 30.1 Å². The number of anilines is 1. The van der Waals surface area contributed by atoms with Crippen molar-refractivity contribution in [3.63, 3.8) is 0 Å². The van der Waals surface area contributed by atoms with Crippen LogP contribution in [-0.2, 0) is 6.42 Å². The Hall–Kier alpha value is -1.95. The van der Waals surface area contributed by atoms with Gasteiger partial charge >= 0.3 is 0 Å².